The molecule has 2 atom stereocenters. The van der Waals surface area contributed by atoms with Gasteiger partial charge in [0.05, 0.1) is 0 Å². The van der Waals surface area contributed by atoms with E-state index < -0.39 is 0 Å². The van der Waals surface area contributed by atoms with Gasteiger partial charge in [0.25, 0.3) is 0 Å². The average molecular weight is 275 g/mol. The smallest absolute Gasteiger partial charge is 0.134 e. The van der Waals surface area contributed by atoms with Crippen LogP contribution in [0, 0.1) is 5.92 Å². The van der Waals surface area contributed by atoms with Crippen molar-refractivity contribution in [3.05, 3.63) is 22.4 Å². The van der Waals surface area contributed by atoms with E-state index in [1.54, 1.807) is 12.1 Å². The Balaban J connectivity index is 1.88. The molecule has 0 bridgehead atoms. The van der Waals surface area contributed by atoms with Crippen LogP contribution in [0.15, 0.2) is 12.1 Å². The number of pyridine rings is 1. The molecule has 2 heterocycles. The highest BCUT2D eigenvalue weighted by molar-refractivity contribution is 6.32. The van der Waals surface area contributed by atoms with Gasteiger partial charge in [-0.3, -0.25) is 0 Å². The molecule has 0 spiro atoms. The van der Waals surface area contributed by atoms with Crippen LogP contribution >= 0.6 is 23.2 Å². The van der Waals surface area contributed by atoms with Crippen molar-refractivity contribution < 1.29 is 4.74 Å². The SMILES string of the molecule is C[C@H]1CCN[C@H](COc2cc(Cl)nc(Cl)c2)C1. The van der Waals surface area contributed by atoms with Crippen molar-refractivity contribution in [1.29, 1.82) is 0 Å². The fraction of sp³-hybridized carbons (Fsp3) is 0.583. The summed E-state index contributed by atoms with van der Waals surface area (Å²) in [6.45, 7) is 3.97. The zero-order valence-corrected chi connectivity index (χ0v) is 11.3. The lowest BCUT2D eigenvalue weighted by Crippen LogP contribution is -2.41. The van der Waals surface area contributed by atoms with Crippen LogP contribution in [-0.4, -0.2) is 24.2 Å². The number of rotatable bonds is 3. The van der Waals surface area contributed by atoms with Crippen molar-refractivity contribution >= 4 is 23.2 Å². The molecule has 0 aliphatic carbocycles. The molecular weight excluding hydrogens is 259 g/mol. The van der Waals surface area contributed by atoms with Crippen LogP contribution in [0.5, 0.6) is 5.75 Å². The van der Waals surface area contributed by atoms with Crippen LogP contribution in [-0.2, 0) is 0 Å². The van der Waals surface area contributed by atoms with Crippen LogP contribution < -0.4 is 10.1 Å². The quantitative estimate of drug-likeness (QED) is 0.860. The summed E-state index contributed by atoms with van der Waals surface area (Å²) in [6, 6.07) is 3.77. The van der Waals surface area contributed by atoms with E-state index in [4.69, 9.17) is 27.9 Å². The summed E-state index contributed by atoms with van der Waals surface area (Å²) in [7, 11) is 0. The Hall–Kier alpha value is -0.510. The van der Waals surface area contributed by atoms with Crippen LogP contribution in [0.25, 0.3) is 0 Å². The molecule has 0 amide bonds. The number of piperidine rings is 1. The van der Waals surface area contributed by atoms with Crippen LogP contribution in [0.3, 0.4) is 0 Å². The normalized spacial score (nSPS) is 24.6. The van der Waals surface area contributed by atoms with E-state index in [1.165, 1.54) is 6.42 Å². The second kappa shape index (κ2) is 5.89. The van der Waals surface area contributed by atoms with Gasteiger partial charge in [-0.15, -0.1) is 0 Å². The molecule has 3 nitrogen and oxygen atoms in total. The number of hydrogen-bond donors (Lipinski definition) is 1. The second-order valence-corrected chi connectivity index (χ2v) is 5.31. The zero-order valence-electron chi connectivity index (χ0n) is 9.75. The molecule has 1 aromatic rings. The maximum absolute atomic E-state index is 5.80. The van der Waals surface area contributed by atoms with Gasteiger partial charge in [-0.25, -0.2) is 4.98 Å². The van der Waals surface area contributed by atoms with E-state index in [0.717, 1.165) is 18.9 Å². The van der Waals surface area contributed by atoms with Gasteiger partial charge >= 0.3 is 0 Å². The summed E-state index contributed by atoms with van der Waals surface area (Å²) in [5.74, 6) is 1.43. The van der Waals surface area contributed by atoms with Crippen LogP contribution in [0.1, 0.15) is 19.8 Å². The van der Waals surface area contributed by atoms with E-state index in [0.29, 0.717) is 28.7 Å². The minimum atomic E-state index is 0.359. The van der Waals surface area contributed by atoms with Crippen molar-refractivity contribution in [3.63, 3.8) is 0 Å². The molecule has 1 N–H and O–H groups in total. The van der Waals surface area contributed by atoms with E-state index in [9.17, 15) is 0 Å². The van der Waals surface area contributed by atoms with Crippen molar-refractivity contribution in [1.82, 2.24) is 10.3 Å². The van der Waals surface area contributed by atoms with Gasteiger partial charge in [0, 0.05) is 18.2 Å². The Labute approximate surface area is 111 Å². The Morgan fingerprint density at radius 1 is 1.41 bits per heavy atom. The Kier molecular flexibility index (Phi) is 4.48. The minimum Gasteiger partial charge on any atom is -0.492 e. The first kappa shape index (κ1) is 12.9. The van der Waals surface area contributed by atoms with E-state index >= 15 is 0 Å². The number of ether oxygens (including phenoxy) is 1. The zero-order chi connectivity index (χ0) is 12.3. The lowest BCUT2D eigenvalue weighted by atomic mass is 9.95. The topological polar surface area (TPSA) is 34.1 Å². The van der Waals surface area contributed by atoms with Crippen molar-refractivity contribution in [3.8, 4) is 5.75 Å². The van der Waals surface area contributed by atoms with Gasteiger partial charge < -0.3 is 10.1 Å². The van der Waals surface area contributed by atoms with Gasteiger partial charge in [-0.05, 0) is 25.3 Å². The molecule has 2 rings (SSSR count). The van der Waals surface area contributed by atoms with Gasteiger partial charge in [0.1, 0.15) is 22.7 Å². The molecule has 94 valence electrons. The number of aromatic nitrogens is 1. The van der Waals surface area contributed by atoms with Crippen LogP contribution in [0.2, 0.25) is 10.3 Å². The molecular formula is C12H16Cl2N2O. The highest BCUT2D eigenvalue weighted by atomic mass is 35.5. The summed E-state index contributed by atoms with van der Waals surface area (Å²) in [4.78, 5) is 3.88. The summed E-state index contributed by atoms with van der Waals surface area (Å²) in [5.41, 5.74) is 0. The van der Waals surface area contributed by atoms with Crippen LogP contribution in [0.4, 0.5) is 0 Å². The van der Waals surface area contributed by atoms with E-state index in [-0.39, 0.29) is 0 Å². The first-order chi connectivity index (χ1) is 8.13. The number of nitrogens with zero attached hydrogens (tertiary/aromatic N) is 1. The monoisotopic (exact) mass is 274 g/mol. The van der Waals surface area contributed by atoms with Gasteiger partial charge in [-0.1, -0.05) is 30.1 Å². The Bertz CT molecular complexity index is 367. The highest BCUT2D eigenvalue weighted by Gasteiger charge is 2.18. The Morgan fingerprint density at radius 2 is 2.12 bits per heavy atom. The molecule has 0 radical (unpaired) electrons. The lowest BCUT2D eigenvalue weighted by Gasteiger charge is -2.28. The fourth-order valence-electron chi connectivity index (χ4n) is 2.07. The minimum absolute atomic E-state index is 0.359. The predicted octanol–water partition coefficient (Wildman–Crippen LogP) is 3.16. The third kappa shape index (κ3) is 4.02. The summed E-state index contributed by atoms with van der Waals surface area (Å²) in [6.07, 6.45) is 2.38. The maximum Gasteiger partial charge on any atom is 0.134 e. The summed E-state index contributed by atoms with van der Waals surface area (Å²) in [5, 5.41) is 4.16. The van der Waals surface area contributed by atoms with E-state index in [2.05, 4.69) is 17.2 Å². The number of nitrogens with one attached hydrogen (secondary N) is 1. The fourth-order valence-corrected chi connectivity index (χ4v) is 2.51. The summed E-state index contributed by atoms with van der Waals surface area (Å²) < 4.78 is 5.68. The molecule has 17 heavy (non-hydrogen) atoms. The van der Waals surface area contributed by atoms with Crippen molar-refractivity contribution in [2.45, 2.75) is 25.8 Å². The maximum atomic E-state index is 5.80. The Morgan fingerprint density at radius 3 is 2.76 bits per heavy atom. The first-order valence-electron chi connectivity index (χ1n) is 5.83. The molecule has 1 fully saturated rings. The number of halogens is 2. The molecule has 1 saturated heterocycles. The van der Waals surface area contributed by atoms with Crippen molar-refractivity contribution in [2.75, 3.05) is 13.2 Å². The number of hydrogen-bond acceptors (Lipinski definition) is 3. The average Bonchev–Trinajstić information content (AvgIpc) is 2.25. The molecule has 1 aliphatic heterocycles. The molecule has 0 unspecified atom stereocenters. The lowest BCUT2D eigenvalue weighted by molar-refractivity contribution is 0.214. The molecule has 5 heteroatoms. The standard InChI is InChI=1S/C12H16Cl2N2O/c1-8-2-3-15-9(4-8)7-17-10-5-11(13)16-12(14)6-10/h5-6,8-9,15H,2-4,7H2,1H3/t8-,9-/m0/s1. The molecule has 0 aromatic carbocycles. The largest absolute Gasteiger partial charge is 0.492 e. The second-order valence-electron chi connectivity index (χ2n) is 4.54. The predicted molar refractivity (Wildman–Crippen MR) is 69.9 cm³/mol. The third-order valence-electron chi connectivity index (χ3n) is 2.94. The van der Waals surface area contributed by atoms with Crippen molar-refractivity contribution in [2.24, 2.45) is 5.92 Å². The first-order valence-corrected chi connectivity index (χ1v) is 6.58. The molecule has 1 aliphatic rings. The van der Waals surface area contributed by atoms with Gasteiger partial charge in [0.2, 0.25) is 0 Å². The van der Waals surface area contributed by atoms with Gasteiger partial charge in [0.15, 0.2) is 0 Å². The third-order valence-corrected chi connectivity index (χ3v) is 3.33. The summed E-state index contributed by atoms with van der Waals surface area (Å²) >= 11 is 11.6. The molecule has 1 aromatic heterocycles. The van der Waals surface area contributed by atoms with E-state index in [1.807, 2.05) is 0 Å². The molecule has 0 saturated carbocycles. The van der Waals surface area contributed by atoms with Gasteiger partial charge in [-0.2, -0.15) is 0 Å². The highest BCUT2D eigenvalue weighted by Crippen LogP contribution is 2.22.